The summed E-state index contributed by atoms with van der Waals surface area (Å²) in [5, 5.41) is 5.06. The van der Waals surface area contributed by atoms with Crippen molar-refractivity contribution in [2.45, 2.75) is 52.4 Å². The lowest BCUT2D eigenvalue weighted by Gasteiger charge is -2.30. The van der Waals surface area contributed by atoms with Gasteiger partial charge in [0.1, 0.15) is 0 Å². The number of benzene rings is 7. The van der Waals surface area contributed by atoms with Gasteiger partial charge in [0, 0.05) is 27.6 Å². The molecular formula is C46H41N. The Bertz CT molecular complexity index is 2230. The van der Waals surface area contributed by atoms with Crippen LogP contribution in [-0.2, 0) is 10.8 Å². The topological polar surface area (TPSA) is 3.24 Å². The van der Waals surface area contributed by atoms with Gasteiger partial charge >= 0.3 is 0 Å². The maximum Gasteiger partial charge on any atom is 0.0546 e. The van der Waals surface area contributed by atoms with Gasteiger partial charge in [0.15, 0.2) is 0 Å². The molecule has 7 aromatic rings. The van der Waals surface area contributed by atoms with Crippen molar-refractivity contribution in [1.82, 2.24) is 0 Å². The van der Waals surface area contributed by atoms with E-state index in [4.69, 9.17) is 0 Å². The molecule has 2 aliphatic rings. The monoisotopic (exact) mass is 607 g/mol. The van der Waals surface area contributed by atoms with E-state index in [0.29, 0.717) is 0 Å². The highest BCUT2D eigenvalue weighted by Crippen LogP contribution is 2.53. The molecule has 0 aliphatic heterocycles. The summed E-state index contributed by atoms with van der Waals surface area (Å²) in [4.78, 5) is 2.51. The fourth-order valence-electron chi connectivity index (χ4n) is 8.32. The minimum absolute atomic E-state index is 0.0827. The molecule has 0 heterocycles. The van der Waals surface area contributed by atoms with Gasteiger partial charge in [-0.3, -0.25) is 0 Å². The highest BCUT2D eigenvalue weighted by molar-refractivity contribution is 6.15. The number of anilines is 3. The molecule has 2 aliphatic carbocycles. The molecular weight excluding hydrogens is 567 g/mol. The van der Waals surface area contributed by atoms with Crippen LogP contribution in [0.15, 0.2) is 140 Å². The van der Waals surface area contributed by atoms with Gasteiger partial charge in [0.05, 0.1) is 5.69 Å². The standard InChI is InChI=1S/C44H35N.C2H6/c1-43(2)37-17-9-7-15-33(37)35-24-22-30(26-39(35)43)45(41-19-11-13-29-21-20-28-12-5-6-14-32(28)42(29)41)31-23-25-36-34-16-8-10-18-38(34)44(3,4)40(36)27-31;1-2/h5-27H,1-4H3;1-2H3. The molecule has 47 heavy (non-hydrogen) atoms. The average Bonchev–Trinajstić information content (AvgIpc) is 3.48. The Morgan fingerprint density at radius 3 is 1.47 bits per heavy atom. The van der Waals surface area contributed by atoms with E-state index in [-0.39, 0.29) is 10.8 Å². The smallest absolute Gasteiger partial charge is 0.0546 e. The van der Waals surface area contributed by atoms with Crippen LogP contribution in [0.25, 0.3) is 43.8 Å². The summed E-state index contributed by atoms with van der Waals surface area (Å²) < 4.78 is 0. The Balaban J connectivity index is 0.00000159. The lowest BCUT2D eigenvalue weighted by Crippen LogP contribution is -2.18. The normalized spacial score (nSPS) is 14.5. The van der Waals surface area contributed by atoms with Crippen LogP contribution in [0.1, 0.15) is 63.8 Å². The highest BCUT2D eigenvalue weighted by Gasteiger charge is 2.37. The Morgan fingerprint density at radius 2 is 0.872 bits per heavy atom. The molecule has 1 heteroatoms. The molecule has 0 N–H and O–H groups in total. The second-order valence-corrected chi connectivity index (χ2v) is 13.8. The van der Waals surface area contributed by atoms with Gasteiger partial charge < -0.3 is 4.90 Å². The van der Waals surface area contributed by atoms with E-state index < -0.39 is 0 Å². The van der Waals surface area contributed by atoms with E-state index in [1.807, 2.05) is 13.8 Å². The fraction of sp³-hybridized carbons (Fsp3) is 0.174. The largest absolute Gasteiger partial charge is 0.310 e. The van der Waals surface area contributed by atoms with Crippen LogP contribution in [0.2, 0.25) is 0 Å². The second kappa shape index (κ2) is 10.7. The summed E-state index contributed by atoms with van der Waals surface area (Å²) in [5.74, 6) is 0. The van der Waals surface area contributed by atoms with E-state index >= 15 is 0 Å². The van der Waals surface area contributed by atoms with E-state index in [2.05, 4.69) is 172 Å². The van der Waals surface area contributed by atoms with Crippen molar-refractivity contribution >= 4 is 38.6 Å². The number of hydrogen-bond acceptors (Lipinski definition) is 1. The summed E-state index contributed by atoms with van der Waals surface area (Å²) in [5.41, 5.74) is 14.3. The summed E-state index contributed by atoms with van der Waals surface area (Å²) in [6, 6.07) is 52.1. The van der Waals surface area contributed by atoms with Crippen LogP contribution < -0.4 is 4.90 Å². The van der Waals surface area contributed by atoms with Crippen molar-refractivity contribution in [3.05, 3.63) is 162 Å². The molecule has 1 nitrogen and oxygen atoms in total. The predicted molar refractivity (Wildman–Crippen MR) is 203 cm³/mol. The summed E-state index contributed by atoms with van der Waals surface area (Å²) in [6.07, 6.45) is 0. The van der Waals surface area contributed by atoms with Crippen LogP contribution >= 0.6 is 0 Å². The molecule has 0 saturated carbocycles. The average molecular weight is 608 g/mol. The molecule has 0 bridgehead atoms. The summed E-state index contributed by atoms with van der Waals surface area (Å²) >= 11 is 0. The van der Waals surface area contributed by atoms with Crippen molar-refractivity contribution in [3.63, 3.8) is 0 Å². The molecule has 9 rings (SSSR count). The van der Waals surface area contributed by atoms with E-state index in [1.54, 1.807) is 0 Å². The predicted octanol–water partition coefficient (Wildman–Crippen LogP) is 13.1. The third-order valence-electron chi connectivity index (χ3n) is 10.6. The first-order chi connectivity index (χ1) is 22.8. The van der Waals surface area contributed by atoms with Gasteiger partial charge in [-0.1, -0.05) is 151 Å². The van der Waals surface area contributed by atoms with Crippen LogP contribution in [-0.4, -0.2) is 0 Å². The van der Waals surface area contributed by atoms with Crippen molar-refractivity contribution in [3.8, 4) is 22.3 Å². The van der Waals surface area contributed by atoms with E-state index in [1.165, 1.54) is 83.1 Å². The van der Waals surface area contributed by atoms with Crippen molar-refractivity contribution in [2.75, 3.05) is 4.90 Å². The Kier molecular flexibility index (Phi) is 6.67. The van der Waals surface area contributed by atoms with E-state index in [9.17, 15) is 0 Å². The Labute approximate surface area is 279 Å². The number of fused-ring (bicyclic) bond motifs is 9. The number of hydrogen-bond donors (Lipinski definition) is 0. The first kappa shape index (κ1) is 29.3. The minimum Gasteiger partial charge on any atom is -0.310 e. The van der Waals surface area contributed by atoms with E-state index in [0.717, 1.165) is 0 Å². The van der Waals surface area contributed by atoms with Crippen LogP contribution in [0.5, 0.6) is 0 Å². The molecule has 0 radical (unpaired) electrons. The molecule has 0 spiro atoms. The van der Waals surface area contributed by atoms with Gasteiger partial charge in [0.25, 0.3) is 0 Å². The maximum atomic E-state index is 2.51. The lowest BCUT2D eigenvalue weighted by molar-refractivity contribution is 0.660. The fourth-order valence-corrected chi connectivity index (χ4v) is 8.32. The van der Waals surface area contributed by atoms with Crippen molar-refractivity contribution in [1.29, 1.82) is 0 Å². The Hall–Kier alpha value is -5.14. The minimum atomic E-state index is -0.0827. The van der Waals surface area contributed by atoms with Crippen LogP contribution in [0.4, 0.5) is 17.1 Å². The molecule has 0 atom stereocenters. The molecule has 0 saturated heterocycles. The van der Waals surface area contributed by atoms with Crippen LogP contribution in [0.3, 0.4) is 0 Å². The van der Waals surface area contributed by atoms with Gasteiger partial charge in [-0.25, -0.2) is 0 Å². The zero-order chi connectivity index (χ0) is 32.5. The Morgan fingerprint density at radius 1 is 0.404 bits per heavy atom. The SMILES string of the molecule is CC.CC1(C)c2ccccc2-c2ccc(N(c3ccc4c(c3)C(C)(C)c3ccccc3-4)c3cccc4ccc5ccccc5c34)cc21. The van der Waals surface area contributed by atoms with Gasteiger partial charge in [0.2, 0.25) is 0 Å². The van der Waals surface area contributed by atoms with Crippen LogP contribution in [0, 0.1) is 0 Å². The van der Waals surface area contributed by atoms with Gasteiger partial charge in [-0.05, 0) is 91.0 Å². The third-order valence-corrected chi connectivity index (χ3v) is 10.6. The molecule has 230 valence electrons. The molecule has 0 amide bonds. The van der Waals surface area contributed by atoms with Crippen molar-refractivity contribution in [2.24, 2.45) is 0 Å². The molecule has 7 aromatic carbocycles. The zero-order valence-corrected chi connectivity index (χ0v) is 28.2. The summed E-state index contributed by atoms with van der Waals surface area (Å²) in [7, 11) is 0. The van der Waals surface area contributed by atoms with Gasteiger partial charge in [-0.15, -0.1) is 0 Å². The quantitative estimate of drug-likeness (QED) is 0.181. The lowest BCUT2D eigenvalue weighted by atomic mass is 9.82. The maximum absolute atomic E-state index is 2.51. The van der Waals surface area contributed by atoms with Crippen molar-refractivity contribution < 1.29 is 0 Å². The second-order valence-electron chi connectivity index (χ2n) is 13.8. The van der Waals surface area contributed by atoms with Gasteiger partial charge in [-0.2, -0.15) is 0 Å². The third kappa shape index (κ3) is 4.22. The molecule has 0 aromatic heterocycles. The first-order valence-electron chi connectivity index (χ1n) is 17.0. The molecule has 0 fully saturated rings. The highest BCUT2D eigenvalue weighted by atomic mass is 15.1. The zero-order valence-electron chi connectivity index (χ0n) is 28.2. The number of nitrogens with zero attached hydrogens (tertiary/aromatic N) is 1. The number of rotatable bonds is 3. The molecule has 0 unspecified atom stereocenters. The first-order valence-corrected chi connectivity index (χ1v) is 17.0. The summed E-state index contributed by atoms with van der Waals surface area (Å²) in [6.45, 7) is 13.5.